The highest BCUT2D eigenvalue weighted by Crippen LogP contribution is 2.35. The minimum Gasteiger partial charge on any atom is -0.466 e. The lowest BCUT2D eigenvalue weighted by atomic mass is 9.86. The number of carbonyl (C=O) groups excluding carboxylic acids is 1. The summed E-state index contributed by atoms with van der Waals surface area (Å²) < 4.78 is 17.8. The molecule has 3 aliphatic heterocycles. The Labute approximate surface area is 150 Å². The predicted molar refractivity (Wildman–Crippen MR) is 92.9 cm³/mol. The van der Waals surface area contributed by atoms with Gasteiger partial charge in [0.15, 0.2) is 6.35 Å². The summed E-state index contributed by atoms with van der Waals surface area (Å²) in [5, 5.41) is 0. The average Bonchev–Trinajstić information content (AvgIpc) is 3.38. The Morgan fingerprint density at radius 2 is 2.00 bits per heavy atom. The van der Waals surface area contributed by atoms with Crippen LogP contribution in [0.25, 0.3) is 0 Å². The maximum absolute atomic E-state index is 12.4. The normalized spacial score (nSPS) is 37.5. The van der Waals surface area contributed by atoms with Crippen LogP contribution >= 0.6 is 0 Å². The highest BCUT2D eigenvalue weighted by atomic mass is 16.6. The highest BCUT2D eigenvalue weighted by molar-refractivity contribution is 5.73. The van der Waals surface area contributed by atoms with Crippen molar-refractivity contribution in [3.8, 4) is 0 Å². The number of morpholine rings is 1. The van der Waals surface area contributed by atoms with Gasteiger partial charge in [-0.05, 0) is 39.0 Å². The number of esters is 1. The van der Waals surface area contributed by atoms with Gasteiger partial charge in [-0.1, -0.05) is 12.8 Å². The van der Waals surface area contributed by atoms with Crippen LogP contribution in [-0.4, -0.2) is 73.2 Å². The van der Waals surface area contributed by atoms with Crippen molar-refractivity contribution in [2.24, 2.45) is 5.92 Å². The molecule has 4 aliphatic rings. The van der Waals surface area contributed by atoms with Crippen LogP contribution in [0.4, 0.5) is 0 Å². The van der Waals surface area contributed by atoms with Crippen LogP contribution in [-0.2, 0) is 19.0 Å². The number of hydrogen-bond donors (Lipinski definition) is 0. The molecule has 6 nitrogen and oxygen atoms in total. The van der Waals surface area contributed by atoms with Gasteiger partial charge in [0.1, 0.15) is 0 Å². The Hall–Kier alpha value is -0.690. The van der Waals surface area contributed by atoms with Gasteiger partial charge >= 0.3 is 5.97 Å². The lowest BCUT2D eigenvalue weighted by Gasteiger charge is -2.43. The molecule has 0 aromatic heterocycles. The van der Waals surface area contributed by atoms with Gasteiger partial charge in [-0.15, -0.1) is 0 Å². The second kappa shape index (κ2) is 7.91. The molecule has 3 heterocycles. The number of rotatable bonds is 6. The molecule has 1 saturated carbocycles. The van der Waals surface area contributed by atoms with E-state index in [1.807, 2.05) is 6.92 Å². The number of fused-ring (bicyclic) bond motifs is 2. The van der Waals surface area contributed by atoms with E-state index in [4.69, 9.17) is 14.2 Å². The molecule has 0 aromatic rings. The van der Waals surface area contributed by atoms with E-state index in [1.165, 1.54) is 12.8 Å². The van der Waals surface area contributed by atoms with Crippen LogP contribution in [0.2, 0.25) is 0 Å². The minimum absolute atomic E-state index is 0.00132. The monoisotopic (exact) mass is 352 g/mol. The number of likely N-dealkylation sites (tertiary alicyclic amines) is 2. The molecule has 4 fully saturated rings. The molecular weight excluding hydrogens is 320 g/mol. The van der Waals surface area contributed by atoms with Crippen LogP contribution in [0, 0.1) is 5.92 Å². The van der Waals surface area contributed by atoms with E-state index >= 15 is 0 Å². The highest BCUT2D eigenvalue weighted by Gasteiger charge is 2.46. The maximum atomic E-state index is 12.4. The van der Waals surface area contributed by atoms with Crippen molar-refractivity contribution in [2.45, 2.75) is 76.5 Å². The van der Waals surface area contributed by atoms with Crippen molar-refractivity contribution in [1.29, 1.82) is 0 Å². The van der Waals surface area contributed by atoms with Crippen molar-refractivity contribution in [1.82, 2.24) is 9.80 Å². The first kappa shape index (κ1) is 17.7. The molecule has 1 aliphatic carbocycles. The van der Waals surface area contributed by atoms with E-state index in [9.17, 15) is 4.79 Å². The SMILES string of the molecule is CCOC(=O)[C@H]1CCCC[C@@H]1O[C@@H](N1CCCC1)N1C[C@@H]2C[C@H]1CO2. The molecule has 0 amide bonds. The second-order valence-corrected chi connectivity index (χ2v) is 7.93. The van der Waals surface area contributed by atoms with E-state index in [0.717, 1.165) is 58.3 Å². The van der Waals surface area contributed by atoms with Crippen molar-refractivity contribution in [3.63, 3.8) is 0 Å². The summed E-state index contributed by atoms with van der Waals surface area (Å²) in [5.74, 6) is -0.173. The third-order valence-corrected chi connectivity index (χ3v) is 6.27. The molecule has 0 unspecified atom stereocenters. The first-order chi connectivity index (χ1) is 12.3. The smallest absolute Gasteiger partial charge is 0.311 e. The summed E-state index contributed by atoms with van der Waals surface area (Å²) >= 11 is 0. The number of carbonyl (C=O) groups is 1. The summed E-state index contributed by atoms with van der Waals surface area (Å²) in [6.07, 6.45) is 8.06. The molecule has 6 heteroatoms. The van der Waals surface area contributed by atoms with E-state index in [-0.39, 0.29) is 24.3 Å². The summed E-state index contributed by atoms with van der Waals surface area (Å²) in [7, 11) is 0. The lowest BCUT2D eigenvalue weighted by Crippen LogP contribution is -2.56. The third kappa shape index (κ3) is 3.72. The van der Waals surface area contributed by atoms with Gasteiger partial charge in [0.05, 0.1) is 31.3 Å². The van der Waals surface area contributed by atoms with Gasteiger partial charge < -0.3 is 14.2 Å². The lowest BCUT2D eigenvalue weighted by molar-refractivity contribution is -0.212. The Bertz CT molecular complexity index is 468. The maximum Gasteiger partial charge on any atom is 0.311 e. The summed E-state index contributed by atoms with van der Waals surface area (Å²) in [5.41, 5.74) is 0. The molecule has 5 atom stereocenters. The van der Waals surface area contributed by atoms with Gasteiger partial charge in [-0.2, -0.15) is 0 Å². The molecule has 142 valence electrons. The van der Waals surface area contributed by atoms with Crippen LogP contribution in [0.15, 0.2) is 0 Å². The molecule has 3 saturated heterocycles. The summed E-state index contributed by atoms with van der Waals surface area (Å²) in [4.78, 5) is 17.4. The van der Waals surface area contributed by atoms with Gasteiger partial charge in [0, 0.05) is 25.7 Å². The Morgan fingerprint density at radius 1 is 1.20 bits per heavy atom. The molecule has 25 heavy (non-hydrogen) atoms. The van der Waals surface area contributed by atoms with Crippen LogP contribution < -0.4 is 0 Å². The van der Waals surface area contributed by atoms with Gasteiger partial charge in [0.25, 0.3) is 0 Å². The van der Waals surface area contributed by atoms with Gasteiger partial charge in [-0.3, -0.25) is 14.6 Å². The molecule has 0 aromatic carbocycles. The topological polar surface area (TPSA) is 51.2 Å². The van der Waals surface area contributed by atoms with E-state index in [2.05, 4.69) is 9.80 Å². The van der Waals surface area contributed by atoms with Gasteiger partial charge in [-0.25, -0.2) is 0 Å². The minimum atomic E-state index is -0.102. The van der Waals surface area contributed by atoms with Crippen molar-refractivity contribution < 1.29 is 19.0 Å². The molecular formula is C19H32N2O4. The Morgan fingerprint density at radius 3 is 2.68 bits per heavy atom. The van der Waals surface area contributed by atoms with E-state index in [0.29, 0.717) is 18.8 Å². The average molecular weight is 352 g/mol. The van der Waals surface area contributed by atoms with Crippen LogP contribution in [0.5, 0.6) is 0 Å². The summed E-state index contributed by atoms with van der Waals surface area (Å²) in [6, 6.07) is 0.472. The summed E-state index contributed by atoms with van der Waals surface area (Å²) in [6.45, 7) is 6.30. The molecule has 0 radical (unpaired) electrons. The van der Waals surface area contributed by atoms with E-state index in [1.54, 1.807) is 0 Å². The van der Waals surface area contributed by atoms with Crippen LogP contribution in [0.1, 0.15) is 51.9 Å². The fourth-order valence-corrected chi connectivity index (χ4v) is 4.97. The van der Waals surface area contributed by atoms with Crippen molar-refractivity contribution >= 4 is 5.97 Å². The largest absolute Gasteiger partial charge is 0.466 e. The molecule has 2 bridgehead atoms. The molecule has 0 spiro atoms. The second-order valence-electron chi connectivity index (χ2n) is 7.93. The first-order valence-electron chi connectivity index (χ1n) is 10.2. The first-order valence-corrected chi connectivity index (χ1v) is 10.2. The standard InChI is InChI=1S/C19H32N2O4/c1-2-23-18(22)16-7-3-4-8-17(16)25-19(20-9-5-6-10-20)21-12-15-11-14(21)13-24-15/h14-17,19H,2-13H2,1H3/t14-,15-,16-,17-,19-/m0/s1. The number of nitrogens with zero attached hydrogens (tertiary/aromatic N) is 2. The van der Waals surface area contributed by atoms with E-state index < -0.39 is 0 Å². The quantitative estimate of drug-likeness (QED) is 0.682. The zero-order valence-corrected chi connectivity index (χ0v) is 15.4. The third-order valence-electron chi connectivity index (χ3n) is 6.27. The molecule has 0 N–H and O–H groups in total. The Balaban J connectivity index is 1.47. The van der Waals surface area contributed by atoms with Gasteiger partial charge in [0.2, 0.25) is 0 Å². The van der Waals surface area contributed by atoms with Crippen molar-refractivity contribution in [2.75, 3.05) is 32.8 Å². The zero-order valence-electron chi connectivity index (χ0n) is 15.4. The number of ether oxygens (including phenoxy) is 3. The van der Waals surface area contributed by atoms with Crippen molar-refractivity contribution in [3.05, 3.63) is 0 Å². The predicted octanol–water partition coefficient (Wildman–Crippen LogP) is 1.98. The fraction of sp³-hybridized carbons (Fsp3) is 0.947. The number of hydrogen-bond acceptors (Lipinski definition) is 6. The van der Waals surface area contributed by atoms with Crippen LogP contribution in [0.3, 0.4) is 0 Å². The Kier molecular flexibility index (Phi) is 5.60. The molecule has 4 rings (SSSR count). The zero-order chi connectivity index (χ0) is 17.2. The fourth-order valence-electron chi connectivity index (χ4n) is 4.97.